The lowest BCUT2D eigenvalue weighted by Gasteiger charge is -2.03. The van der Waals surface area contributed by atoms with E-state index in [9.17, 15) is 14.9 Å². The first-order chi connectivity index (χ1) is 13.0. The second-order valence-electron chi connectivity index (χ2n) is 5.40. The maximum absolute atomic E-state index is 11.8. The van der Waals surface area contributed by atoms with Crippen LogP contribution in [0.25, 0.3) is 10.9 Å². The highest BCUT2D eigenvalue weighted by Gasteiger charge is 2.09. The zero-order valence-electron chi connectivity index (χ0n) is 13.8. The van der Waals surface area contributed by atoms with Crippen molar-refractivity contribution < 1.29 is 9.72 Å². The van der Waals surface area contributed by atoms with E-state index in [1.54, 1.807) is 12.1 Å². The summed E-state index contributed by atoms with van der Waals surface area (Å²) in [5, 5.41) is 15.5. The molecule has 0 bridgehead atoms. The molecule has 0 atom stereocenters. The zero-order chi connectivity index (χ0) is 19.2. The summed E-state index contributed by atoms with van der Waals surface area (Å²) in [4.78, 5) is 27.3. The van der Waals surface area contributed by atoms with Gasteiger partial charge in [-0.3, -0.25) is 14.9 Å². The van der Waals surface area contributed by atoms with Crippen LogP contribution >= 0.6 is 23.4 Å². The summed E-state index contributed by atoms with van der Waals surface area (Å²) < 4.78 is 0. The third kappa shape index (κ3) is 5.02. The molecule has 3 rings (SSSR count). The number of hydrogen-bond acceptors (Lipinski definition) is 6. The number of hydrazone groups is 1. The second kappa shape index (κ2) is 8.61. The van der Waals surface area contributed by atoms with Crippen LogP contribution in [0.2, 0.25) is 5.15 Å². The first kappa shape index (κ1) is 18.8. The van der Waals surface area contributed by atoms with E-state index in [1.807, 2.05) is 30.3 Å². The Morgan fingerprint density at radius 3 is 2.78 bits per heavy atom. The second-order valence-corrected chi connectivity index (χ2v) is 6.80. The molecule has 9 heteroatoms. The minimum atomic E-state index is -0.493. The monoisotopic (exact) mass is 400 g/mol. The van der Waals surface area contributed by atoms with Gasteiger partial charge in [-0.1, -0.05) is 29.8 Å². The molecule has 1 amide bonds. The van der Waals surface area contributed by atoms with Crippen LogP contribution in [0.5, 0.6) is 0 Å². The number of nitro groups is 1. The van der Waals surface area contributed by atoms with Crippen molar-refractivity contribution in [3.8, 4) is 0 Å². The van der Waals surface area contributed by atoms with E-state index in [2.05, 4.69) is 15.5 Å². The van der Waals surface area contributed by atoms with E-state index in [4.69, 9.17) is 11.6 Å². The molecule has 3 aromatic rings. The number of carbonyl (C=O) groups excluding carboxylic acids is 1. The lowest BCUT2D eigenvalue weighted by atomic mass is 10.1. The predicted molar refractivity (Wildman–Crippen MR) is 106 cm³/mol. The Kier molecular flexibility index (Phi) is 6.00. The van der Waals surface area contributed by atoms with Crippen LogP contribution in [0.15, 0.2) is 64.6 Å². The number of aromatic nitrogens is 1. The molecule has 0 aliphatic rings. The number of halogens is 1. The smallest absolute Gasteiger partial charge is 0.271 e. The molecule has 0 aliphatic heterocycles. The number of pyridine rings is 1. The first-order valence-corrected chi connectivity index (χ1v) is 9.14. The van der Waals surface area contributed by atoms with Crippen molar-refractivity contribution in [2.75, 3.05) is 5.75 Å². The Labute approximate surface area is 163 Å². The van der Waals surface area contributed by atoms with Crippen molar-refractivity contribution in [3.05, 3.63) is 75.4 Å². The van der Waals surface area contributed by atoms with Crippen molar-refractivity contribution in [1.29, 1.82) is 0 Å². The van der Waals surface area contributed by atoms with E-state index in [0.29, 0.717) is 16.5 Å². The van der Waals surface area contributed by atoms with E-state index in [0.717, 1.165) is 4.90 Å². The Morgan fingerprint density at radius 1 is 1.26 bits per heavy atom. The normalized spacial score (nSPS) is 11.0. The molecule has 0 unspecified atom stereocenters. The predicted octanol–water partition coefficient (Wildman–Crippen LogP) is 4.04. The number of rotatable bonds is 6. The van der Waals surface area contributed by atoms with Crippen LogP contribution in [-0.2, 0) is 4.79 Å². The molecule has 7 nitrogen and oxygen atoms in total. The quantitative estimate of drug-likeness (QED) is 0.221. The molecule has 27 heavy (non-hydrogen) atoms. The lowest BCUT2D eigenvalue weighted by molar-refractivity contribution is -0.384. The van der Waals surface area contributed by atoms with Gasteiger partial charge in [-0.05, 0) is 24.3 Å². The average Bonchev–Trinajstić information content (AvgIpc) is 2.67. The highest BCUT2D eigenvalue weighted by molar-refractivity contribution is 8.00. The van der Waals surface area contributed by atoms with Crippen LogP contribution in [0.1, 0.15) is 5.56 Å². The number of benzene rings is 2. The molecule has 0 saturated heterocycles. The number of amides is 1. The summed E-state index contributed by atoms with van der Waals surface area (Å²) in [7, 11) is 0. The average molecular weight is 401 g/mol. The lowest BCUT2D eigenvalue weighted by Crippen LogP contribution is -2.19. The number of fused-ring (bicyclic) bond motifs is 1. The summed E-state index contributed by atoms with van der Waals surface area (Å²) in [6, 6.07) is 15.6. The number of nitro benzene ring substituents is 1. The summed E-state index contributed by atoms with van der Waals surface area (Å²) >= 11 is 7.51. The number of non-ortho nitro benzene ring substituents is 1. The highest BCUT2D eigenvalue weighted by atomic mass is 35.5. The Hall–Kier alpha value is -2.97. The molecule has 0 radical (unpaired) electrons. The number of carbonyl (C=O) groups is 1. The molecule has 1 N–H and O–H groups in total. The molecule has 2 aromatic carbocycles. The van der Waals surface area contributed by atoms with E-state index >= 15 is 0 Å². The summed E-state index contributed by atoms with van der Waals surface area (Å²) in [5.74, 6) is -0.0186. The van der Waals surface area contributed by atoms with Crippen LogP contribution in [0.3, 0.4) is 0 Å². The van der Waals surface area contributed by atoms with E-state index in [-0.39, 0.29) is 22.5 Å². The topological polar surface area (TPSA) is 97.5 Å². The van der Waals surface area contributed by atoms with Crippen LogP contribution in [-0.4, -0.2) is 27.8 Å². The minimum Gasteiger partial charge on any atom is -0.272 e. The fraction of sp³-hybridized carbons (Fsp3) is 0.0556. The molecule has 0 aliphatic carbocycles. The van der Waals surface area contributed by atoms with Gasteiger partial charge in [0.1, 0.15) is 5.15 Å². The standard InChI is InChI=1S/C18H13ClN4O3S/c19-18-13(8-12-6-7-14(23(25)26)9-16(12)21-18)10-20-22-17(24)11-27-15-4-2-1-3-5-15/h1-10H,11H2,(H,22,24)/b20-10-. The zero-order valence-corrected chi connectivity index (χ0v) is 15.4. The van der Waals surface area contributed by atoms with Gasteiger partial charge in [-0.2, -0.15) is 5.10 Å². The summed E-state index contributed by atoms with van der Waals surface area (Å²) in [5.41, 5.74) is 3.28. The van der Waals surface area contributed by atoms with Gasteiger partial charge in [0.15, 0.2) is 0 Å². The fourth-order valence-corrected chi connectivity index (χ4v) is 3.13. The molecule has 1 heterocycles. The van der Waals surface area contributed by atoms with Crippen LogP contribution in [0.4, 0.5) is 5.69 Å². The first-order valence-electron chi connectivity index (χ1n) is 7.77. The highest BCUT2D eigenvalue weighted by Crippen LogP contribution is 2.23. The summed E-state index contributed by atoms with van der Waals surface area (Å²) in [6.45, 7) is 0. The molecule has 136 valence electrons. The fourth-order valence-electron chi connectivity index (χ4n) is 2.22. The molecule has 0 saturated carbocycles. The minimum absolute atomic E-state index is 0.0596. The van der Waals surface area contributed by atoms with Crippen molar-refractivity contribution >= 4 is 52.1 Å². The van der Waals surface area contributed by atoms with Crippen molar-refractivity contribution in [3.63, 3.8) is 0 Å². The number of nitrogens with one attached hydrogen (secondary N) is 1. The Bertz CT molecular complexity index is 1030. The largest absolute Gasteiger partial charge is 0.272 e. The third-order valence-corrected chi connectivity index (χ3v) is 4.81. The third-order valence-electron chi connectivity index (χ3n) is 3.50. The number of nitrogens with zero attached hydrogens (tertiary/aromatic N) is 3. The van der Waals surface area contributed by atoms with Gasteiger partial charge < -0.3 is 0 Å². The van der Waals surface area contributed by atoms with Gasteiger partial charge >= 0.3 is 0 Å². The maximum atomic E-state index is 11.8. The number of hydrogen-bond donors (Lipinski definition) is 1. The van der Waals surface area contributed by atoms with Crippen LogP contribution < -0.4 is 5.43 Å². The van der Waals surface area contributed by atoms with Gasteiger partial charge in [0.25, 0.3) is 5.69 Å². The molecule has 1 aromatic heterocycles. The summed E-state index contributed by atoms with van der Waals surface area (Å²) in [6.07, 6.45) is 1.39. The van der Waals surface area contributed by atoms with Crippen LogP contribution in [0, 0.1) is 10.1 Å². The van der Waals surface area contributed by atoms with Gasteiger partial charge in [0, 0.05) is 28.0 Å². The SMILES string of the molecule is O=C(CSc1ccccc1)N/N=C\c1cc2ccc([N+](=O)[O-])cc2nc1Cl. The van der Waals surface area contributed by atoms with Gasteiger partial charge in [0.05, 0.1) is 22.4 Å². The Balaban J connectivity index is 1.65. The molecule has 0 spiro atoms. The van der Waals surface area contributed by atoms with Crippen molar-refractivity contribution in [1.82, 2.24) is 10.4 Å². The van der Waals surface area contributed by atoms with E-state index < -0.39 is 4.92 Å². The Morgan fingerprint density at radius 2 is 2.04 bits per heavy atom. The van der Waals surface area contributed by atoms with Gasteiger partial charge in [-0.25, -0.2) is 10.4 Å². The van der Waals surface area contributed by atoms with Gasteiger partial charge in [-0.15, -0.1) is 11.8 Å². The van der Waals surface area contributed by atoms with Crippen molar-refractivity contribution in [2.45, 2.75) is 4.90 Å². The maximum Gasteiger partial charge on any atom is 0.271 e. The van der Waals surface area contributed by atoms with E-state index in [1.165, 1.54) is 30.1 Å². The molecule has 0 fully saturated rings. The molecular formula is C18H13ClN4O3S. The number of thioether (sulfide) groups is 1. The molecular weight excluding hydrogens is 388 g/mol. The van der Waals surface area contributed by atoms with Gasteiger partial charge in [0.2, 0.25) is 5.91 Å². The van der Waals surface area contributed by atoms with Crippen molar-refractivity contribution in [2.24, 2.45) is 5.10 Å².